The molecule has 2 atom stereocenters. The van der Waals surface area contributed by atoms with Gasteiger partial charge in [0, 0.05) is 6.20 Å². The average molecular weight is 234 g/mol. The first kappa shape index (κ1) is 11.6. The predicted molar refractivity (Wildman–Crippen MR) is 61.3 cm³/mol. The Bertz CT molecular complexity index is 456. The Hall–Kier alpha value is -1.91. The summed E-state index contributed by atoms with van der Waals surface area (Å²) >= 11 is 0. The van der Waals surface area contributed by atoms with Gasteiger partial charge >= 0.3 is 5.97 Å². The second-order valence-corrected chi connectivity index (χ2v) is 4.85. The summed E-state index contributed by atoms with van der Waals surface area (Å²) in [5.74, 6) is -2.24. The predicted octanol–water partition coefficient (Wildman–Crippen LogP) is 1.38. The van der Waals surface area contributed by atoms with Crippen molar-refractivity contribution in [2.75, 3.05) is 5.32 Å². The lowest BCUT2D eigenvalue weighted by Crippen LogP contribution is -2.17. The van der Waals surface area contributed by atoms with Gasteiger partial charge in [-0.2, -0.15) is 0 Å². The number of nitrogens with one attached hydrogen (secondary N) is 1. The number of amides is 1. The number of nitrogens with zero attached hydrogens (tertiary/aromatic N) is 1. The zero-order chi connectivity index (χ0) is 12.6. The van der Waals surface area contributed by atoms with Crippen molar-refractivity contribution in [2.45, 2.75) is 13.8 Å². The zero-order valence-electron chi connectivity index (χ0n) is 9.68. The van der Waals surface area contributed by atoms with Gasteiger partial charge in [-0.25, -0.2) is 0 Å². The number of anilines is 1. The Morgan fingerprint density at radius 1 is 1.41 bits per heavy atom. The zero-order valence-corrected chi connectivity index (χ0v) is 9.68. The number of hydrogen-bond donors (Lipinski definition) is 2. The van der Waals surface area contributed by atoms with E-state index in [-0.39, 0.29) is 5.91 Å². The van der Waals surface area contributed by atoms with Gasteiger partial charge in [-0.15, -0.1) is 0 Å². The number of aromatic nitrogens is 1. The minimum absolute atomic E-state index is 0.254. The number of carbonyl (C=O) groups is 2. The van der Waals surface area contributed by atoms with Crippen molar-refractivity contribution < 1.29 is 14.7 Å². The molecule has 1 aliphatic carbocycles. The van der Waals surface area contributed by atoms with E-state index in [1.54, 1.807) is 32.2 Å². The lowest BCUT2D eigenvalue weighted by Gasteiger charge is -2.04. The van der Waals surface area contributed by atoms with E-state index < -0.39 is 23.2 Å². The van der Waals surface area contributed by atoms with Gasteiger partial charge in [0.1, 0.15) is 0 Å². The highest BCUT2D eigenvalue weighted by atomic mass is 16.4. The molecule has 0 saturated heterocycles. The molecule has 5 heteroatoms. The van der Waals surface area contributed by atoms with Crippen molar-refractivity contribution in [3.63, 3.8) is 0 Å². The Morgan fingerprint density at radius 3 is 2.59 bits per heavy atom. The van der Waals surface area contributed by atoms with Crippen LogP contribution in [-0.2, 0) is 9.59 Å². The van der Waals surface area contributed by atoms with Crippen LogP contribution >= 0.6 is 0 Å². The fraction of sp³-hybridized carbons (Fsp3) is 0.417. The van der Waals surface area contributed by atoms with Crippen LogP contribution in [-0.4, -0.2) is 22.0 Å². The molecule has 1 aliphatic rings. The van der Waals surface area contributed by atoms with Crippen molar-refractivity contribution in [1.29, 1.82) is 0 Å². The molecule has 1 aromatic rings. The topological polar surface area (TPSA) is 79.3 Å². The van der Waals surface area contributed by atoms with Crippen LogP contribution in [0.1, 0.15) is 13.8 Å². The third-order valence-electron chi connectivity index (χ3n) is 3.30. The highest BCUT2D eigenvalue weighted by Gasteiger charge is 2.65. The maximum absolute atomic E-state index is 11.9. The molecular weight excluding hydrogens is 220 g/mol. The van der Waals surface area contributed by atoms with Crippen LogP contribution in [0, 0.1) is 17.3 Å². The van der Waals surface area contributed by atoms with Gasteiger partial charge in [0.15, 0.2) is 0 Å². The van der Waals surface area contributed by atoms with Gasteiger partial charge in [0.05, 0.1) is 23.7 Å². The van der Waals surface area contributed by atoms with Crippen LogP contribution < -0.4 is 5.32 Å². The van der Waals surface area contributed by atoms with Crippen LogP contribution in [0.2, 0.25) is 0 Å². The lowest BCUT2D eigenvalue weighted by atomic mass is 10.1. The fourth-order valence-electron chi connectivity index (χ4n) is 2.24. The molecule has 5 nitrogen and oxygen atoms in total. The van der Waals surface area contributed by atoms with E-state index in [1.807, 2.05) is 0 Å². The molecule has 0 radical (unpaired) electrons. The monoisotopic (exact) mass is 234 g/mol. The largest absolute Gasteiger partial charge is 0.481 e. The Kier molecular flexibility index (Phi) is 2.61. The van der Waals surface area contributed by atoms with E-state index in [0.717, 1.165) is 0 Å². The summed E-state index contributed by atoms with van der Waals surface area (Å²) < 4.78 is 0. The van der Waals surface area contributed by atoms with E-state index in [4.69, 9.17) is 5.11 Å². The highest BCUT2D eigenvalue weighted by Crippen LogP contribution is 2.58. The van der Waals surface area contributed by atoms with Crippen molar-refractivity contribution in [2.24, 2.45) is 17.3 Å². The summed E-state index contributed by atoms with van der Waals surface area (Å²) in [6.07, 6.45) is 3.14. The second-order valence-electron chi connectivity index (χ2n) is 4.85. The average Bonchev–Trinajstić information content (AvgIpc) is 2.83. The molecule has 1 aromatic heterocycles. The van der Waals surface area contributed by atoms with E-state index in [1.165, 1.54) is 6.20 Å². The highest BCUT2D eigenvalue weighted by molar-refractivity contribution is 5.99. The van der Waals surface area contributed by atoms with Crippen LogP contribution in [0.25, 0.3) is 0 Å². The van der Waals surface area contributed by atoms with Gasteiger partial charge < -0.3 is 10.4 Å². The van der Waals surface area contributed by atoms with Gasteiger partial charge in [-0.1, -0.05) is 13.8 Å². The molecule has 0 unspecified atom stereocenters. The van der Waals surface area contributed by atoms with Crippen LogP contribution in [0.15, 0.2) is 24.5 Å². The van der Waals surface area contributed by atoms with Crippen molar-refractivity contribution >= 4 is 17.6 Å². The Labute approximate surface area is 98.9 Å². The summed E-state index contributed by atoms with van der Waals surface area (Å²) in [6, 6.07) is 3.43. The van der Waals surface area contributed by atoms with Crippen LogP contribution in [0.5, 0.6) is 0 Å². The maximum atomic E-state index is 11.9. The van der Waals surface area contributed by atoms with Gasteiger partial charge in [-0.05, 0) is 17.5 Å². The van der Waals surface area contributed by atoms with Gasteiger partial charge in [0.2, 0.25) is 5.91 Å². The molecule has 90 valence electrons. The quantitative estimate of drug-likeness (QED) is 0.828. The first-order valence-electron chi connectivity index (χ1n) is 5.38. The summed E-state index contributed by atoms with van der Waals surface area (Å²) in [4.78, 5) is 26.7. The van der Waals surface area contributed by atoms with Crippen molar-refractivity contribution in [3.05, 3.63) is 24.5 Å². The summed E-state index contributed by atoms with van der Waals surface area (Å²) in [7, 11) is 0. The molecule has 2 N–H and O–H groups in total. The third-order valence-corrected chi connectivity index (χ3v) is 3.30. The van der Waals surface area contributed by atoms with Crippen LogP contribution in [0.4, 0.5) is 5.69 Å². The Morgan fingerprint density at radius 2 is 2.12 bits per heavy atom. The number of rotatable bonds is 3. The standard InChI is InChI=1S/C12H14N2O3/c1-12(2)8(9(12)11(16)17)10(15)14-7-4-3-5-13-6-7/h3-6,8-9H,1-2H3,(H,14,15)(H,16,17)/t8-,9+/m0/s1. The number of carbonyl (C=O) groups excluding carboxylic acids is 1. The number of carboxylic acids is 1. The molecule has 0 spiro atoms. The minimum Gasteiger partial charge on any atom is -0.481 e. The fourth-order valence-corrected chi connectivity index (χ4v) is 2.24. The molecule has 17 heavy (non-hydrogen) atoms. The molecule has 2 rings (SSSR count). The van der Waals surface area contributed by atoms with E-state index in [2.05, 4.69) is 10.3 Å². The van der Waals surface area contributed by atoms with E-state index >= 15 is 0 Å². The first-order valence-corrected chi connectivity index (χ1v) is 5.38. The molecule has 0 bridgehead atoms. The third kappa shape index (κ3) is 2.00. The molecule has 1 saturated carbocycles. The lowest BCUT2D eigenvalue weighted by molar-refractivity contribution is -0.140. The first-order chi connectivity index (χ1) is 7.94. The second kappa shape index (κ2) is 3.84. The van der Waals surface area contributed by atoms with E-state index in [9.17, 15) is 9.59 Å². The molecular formula is C12H14N2O3. The molecule has 1 fully saturated rings. The summed E-state index contributed by atoms with van der Waals surface area (Å²) in [6.45, 7) is 3.58. The van der Waals surface area contributed by atoms with Crippen LogP contribution in [0.3, 0.4) is 0 Å². The molecule has 0 aromatic carbocycles. The molecule has 0 aliphatic heterocycles. The smallest absolute Gasteiger partial charge is 0.307 e. The SMILES string of the molecule is CC1(C)[C@H](C(=O)Nc2cccnc2)[C@@H]1C(=O)O. The molecule has 1 amide bonds. The minimum atomic E-state index is -0.915. The normalized spacial score (nSPS) is 25.1. The maximum Gasteiger partial charge on any atom is 0.307 e. The summed E-state index contributed by atoms with van der Waals surface area (Å²) in [5, 5.41) is 11.7. The van der Waals surface area contributed by atoms with Gasteiger partial charge in [0.25, 0.3) is 0 Å². The van der Waals surface area contributed by atoms with Crippen molar-refractivity contribution in [3.8, 4) is 0 Å². The molecule has 1 heterocycles. The van der Waals surface area contributed by atoms with E-state index in [0.29, 0.717) is 5.69 Å². The number of pyridine rings is 1. The number of carboxylic acid groups (broad SMARTS) is 1. The van der Waals surface area contributed by atoms with Gasteiger partial charge in [-0.3, -0.25) is 14.6 Å². The Balaban J connectivity index is 2.06. The number of aliphatic carboxylic acids is 1. The number of hydrogen-bond acceptors (Lipinski definition) is 3. The van der Waals surface area contributed by atoms with Crippen molar-refractivity contribution in [1.82, 2.24) is 4.98 Å². The summed E-state index contributed by atoms with van der Waals surface area (Å²) in [5.41, 5.74) is 0.113.